The summed E-state index contributed by atoms with van der Waals surface area (Å²) in [5, 5.41) is 0.452. The fourth-order valence-electron chi connectivity index (χ4n) is 6.02. The summed E-state index contributed by atoms with van der Waals surface area (Å²) in [6.07, 6.45) is 4.18. The number of nitrogens with one attached hydrogen (secondary N) is 2. The molecule has 0 aliphatic carbocycles. The van der Waals surface area contributed by atoms with Crippen LogP contribution in [0.15, 0.2) is 107 Å². The zero-order chi connectivity index (χ0) is 40.3. The minimum absolute atomic E-state index is 0.0605. The second-order valence-electron chi connectivity index (χ2n) is 13.7. The minimum Gasteiger partial charge on any atom is -0.490 e. The number of alkyl halides is 2. The average molecular weight is 935 g/mol. The van der Waals surface area contributed by atoms with Crippen LogP contribution in [0.25, 0.3) is 0 Å². The second kappa shape index (κ2) is 20.1. The summed E-state index contributed by atoms with van der Waals surface area (Å²) < 4.78 is 67.3. The van der Waals surface area contributed by atoms with E-state index < -0.39 is 20.0 Å². The van der Waals surface area contributed by atoms with Gasteiger partial charge in [0.05, 0.1) is 20.5 Å². The van der Waals surface area contributed by atoms with Gasteiger partial charge in [0.15, 0.2) is 11.6 Å². The number of carbonyl (C=O) groups excluding carboxylic acids is 2. The summed E-state index contributed by atoms with van der Waals surface area (Å²) >= 11 is 6.23. The number of sulfonamides is 2. The van der Waals surface area contributed by atoms with Crippen molar-refractivity contribution in [3.8, 4) is 11.5 Å². The minimum atomic E-state index is -3.72. The van der Waals surface area contributed by atoms with Crippen molar-refractivity contribution in [2.75, 3.05) is 60.4 Å². The topological polar surface area (TPSA) is 151 Å². The van der Waals surface area contributed by atoms with Crippen LogP contribution in [0.4, 0.5) is 11.4 Å². The van der Waals surface area contributed by atoms with E-state index in [1.54, 1.807) is 72.8 Å². The number of hydrogen-bond donors (Lipinski definition) is 2. The van der Waals surface area contributed by atoms with Crippen LogP contribution in [-0.4, -0.2) is 101 Å². The van der Waals surface area contributed by atoms with Gasteiger partial charge in [-0.05, 0) is 137 Å². The van der Waals surface area contributed by atoms with Gasteiger partial charge < -0.3 is 19.3 Å². The van der Waals surface area contributed by atoms with Crippen molar-refractivity contribution in [1.29, 1.82) is 0 Å². The molecule has 2 saturated heterocycles. The zero-order valence-corrected chi connectivity index (χ0v) is 36.0. The number of nitrogens with zero attached hydrogens (tertiary/aromatic N) is 2. The first-order valence-corrected chi connectivity index (χ1v) is 23.3. The monoisotopic (exact) mass is 932 g/mol. The number of benzene rings is 4. The molecule has 6 rings (SSSR count). The number of Topliss-reactive ketones (excluding diaryl/α,β-unsaturated/α-hetero) is 2. The zero-order valence-electron chi connectivity index (χ0n) is 31.2. The number of ketones is 2. The molecule has 0 aromatic heterocycles. The normalized spacial score (nSPS) is 15.9. The van der Waals surface area contributed by atoms with Gasteiger partial charge >= 0.3 is 0 Å². The predicted octanol–water partition coefficient (Wildman–Crippen LogP) is 7.08. The average Bonchev–Trinajstić information content (AvgIpc) is 3.20. The lowest BCUT2D eigenvalue weighted by Gasteiger charge is -2.29. The van der Waals surface area contributed by atoms with Crippen LogP contribution in [-0.2, 0) is 20.0 Å². The molecule has 2 aliphatic rings. The van der Waals surface area contributed by atoms with E-state index in [9.17, 15) is 26.4 Å². The standard InChI is InChI=1S/2C20H23BrN2O4S/c2*1-23-12-10-18(11-13-23)27-17-6-8-19(9-7-17)28(25,26)22-16-4-2-15(3-5-16)20(24)14-21/h2*2-9,18,22H,10-14H2,1H3. The number of hydrogen-bond acceptors (Lipinski definition) is 10. The van der Waals surface area contributed by atoms with Gasteiger partial charge in [0.25, 0.3) is 20.0 Å². The Hall–Kier alpha value is -3.80. The van der Waals surface area contributed by atoms with Crippen LogP contribution in [0.2, 0.25) is 0 Å². The highest BCUT2D eigenvalue weighted by Crippen LogP contribution is 2.25. The van der Waals surface area contributed by atoms with Gasteiger partial charge in [0.2, 0.25) is 0 Å². The van der Waals surface area contributed by atoms with E-state index in [-0.39, 0.29) is 44.2 Å². The van der Waals surface area contributed by atoms with E-state index in [1.807, 2.05) is 0 Å². The Morgan fingerprint density at radius 1 is 0.554 bits per heavy atom. The Morgan fingerprint density at radius 2 is 0.857 bits per heavy atom. The Bertz CT molecular complexity index is 1970. The van der Waals surface area contributed by atoms with Gasteiger partial charge in [-0.1, -0.05) is 31.9 Å². The van der Waals surface area contributed by atoms with E-state index in [2.05, 4.69) is 65.2 Å². The van der Waals surface area contributed by atoms with Gasteiger partial charge in [-0.3, -0.25) is 19.0 Å². The first-order chi connectivity index (χ1) is 26.7. The van der Waals surface area contributed by atoms with E-state index >= 15 is 0 Å². The molecule has 12 nitrogen and oxygen atoms in total. The van der Waals surface area contributed by atoms with Crippen molar-refractivity contribution < 1.29 is 35.9 Å². The Labute approximate surface area is 346 Å². The molecule has 300 valence electrons. The fraction of sp³-hybridized carbons (Fsp3) is 0.350. The molecule has 0 radical (unpaired) electrons. The second-order valence-corrected chi connectivity index (χ2v) is 18.1. The molecule has 16 heteroatoms. The van der Waals surface area contributed by atoms with Gasteiger partial charge in [0.1, 0.15) is 23.7 Å². The van der Waals surface area contributed by atoms with Crippen LogP contribution in [0, 0.1) is 0 Å². The summed E-state index contributed by atoms with van der Waals surface area (Å²) in [5.41, 5.74) is 1.85. The molecule has 0 unspecified atom stereocenters. The van der Waals surface area contributed by atoms with E-state index in [0.29, 0.717) is 34.0 Å². The predicted molar refractivity (Wildman–Crippen MR) is 226 cm³/mol. The molecule has 4 aromatic carbocycles. The Morgan fingerprint density at radius 3 is 1.14 bits per heavy atom. The van der Waals surface area contributed by atoms with Crippen molar-refractivity contribution in [2.24, 2.45) is 0 Å². The third-order valence-electron chi connectivity index (χ3n) is 9.37. The largest absolute Gasteiger partial charge is 0.490 e. The maximum Gasteiger partial charge on any atom is 0.261 e. The fourth-order valence-corrected chi connectivity index (χ4v) is 8.78. The van der Waals surface area contributed by atoms with Crippen molar-refractivity contribution in [1.82, 2.24) is 9.80 Å². The molecule has 2 N–H and O–H groups in total. The highest BCUT2D eigenvalue weighted by atomic mass is 79.9. The van der Waals surface area contributed by atoms with Crippen LogP contribution in [0.5, 0.6) is 11.5 Å². The number of piperidine rings is 2. The Kier molecular flexibility index (Phi) is 15.5. The van der Waals surface area contributed by atoms with Gasteiger partial charge in [-0.2, -0.15) is 0 Å². The van der Waals surface area contributed by atoms with Crippen molar-refractivity contribution in [3.05, 3.63) is 108 Å². The molecular weight excluding hydrogens is 888 g/mol. The van der Waals surface area contributed by atoms with E-state index in [1.165, 1.54) is 24.3 Å². The van der Waals surface area contributed by atoms with Crippen LogP contribution in [0.3, 0.4) is 0 Å². The highest BCUT2D eigenvalue weighted by Gasteiger charge is 2.21. The van der Waals surface area contributed by atoms with Gasteiger partial charge in [-0.25, -0.2) is 16.8 Å². The lowest BCUT2D eigenvalue weighted by atomic mass is 10.1. The lowest BCUT2D eigenvalue weighted by Crippen LogP contribution is -2.35. The number of ether oxygens (including phenoxy) is 2. The molecule has 4 aromatic rings. The van der Waals surface area contributed by atoms with Crippen LogP contribution >= 0.6 is 31.9 Å². The summed E-state index contributed by atoms with van der Waals surface area (Å²) in [7, 11) is -3.24. The number of carbonyl (C=O) groups is 2. The maximum absolute atomic E-state index is 12.6. The third kappa shape index (κ3) is 12.6. The van der Waals surface area contributed by atoms with E-state index in [4.69, 9.17) is 9.47 Å². The summed E-state index contributed by atoms with van der Waals surface area (Å²) in [5.74, 6) is 1.22. The molecule has 0 atom stereocenters. The quantitative estimate of drug-likeness (QED) is 0.0993. The molecule has 2 fully saturated rings. The number of likely N-dealkylation sites (tertiary alicyclic amines) is 2. The number of rotatable bonds is 14. The van der Waals surface area contributed by atoms with Crippen molar-refractivity contribution in [2.45, 2.75) is 47.7 Å². The smallest absolute Gasteiger partial charge is 0.261 e. The lowest BCUT2D eigenvalue weighted by molar-refractivity contribution is 0.101. The van der Waals surface area contributed by atoms with E-state index in [0.717, 1.165) is 51.9 Å². The first-order valence-electron chi connectivity index (χ1n) is 18.1. The number of anilines is 2. The molecule has 0 bridgehead atoms. The molecule has 0 spiro atoms. The summed E-state index contributed by atoms with van der Waals surface area (Å²) in [6, 6.07) is 25.6. The third-order valence-corrected chi connectivity index (χ3v) is 13.2. The first kappa shape index (κ1) is 43.3. The van der Waals surface area contributed by atoms with Crippen molar-refractivity contribution in [3.63, 3.8) is 0 Å². The van der Waals surface area contributed by atoms with Crippen LogP contribution < -0.4 is 18.9 Å². The summed E-state index contributed by atoms with van der Waals surface area (Å²) in [6.45, 7) is 4.00. The SMILES string of the molecule is CN1CCC(Oc2ccc(S(=O)(=O)Nc3ccc(C(=O)CBr)cc3)cc2)CC1.CN1CCC(Oc2ccc(S(=O)(=O)Nc3ccc(C(=O)CBr)cc3)cc2)CC1. The molecular formula is C40H46Br2N4O8S2. The molecule has 2 aliphatic heterocycles. The summed E-state index contributed by atoms with van der Waals surface area (Å²) in [4.78, 5) is 28.1. The Balaban J connectivity index is 0.000000214. The van der Waals surface area contributed by atoms with Gasteiger partial charge in [0, 0.05) is 48.7 Å². The molecule has 0 saturated carbocycles. The highest BCUT2D eigenvalue weighted by molar-refractivity contribution is 9.09. The van der Waals surface area contributed by atoms with Crippen LogP contribution in [0.1, 0.15) is 46.4 Å². The molecule has 2 heterocycles. The molecule has 56 heavy (non-hydrogen) atoms. The maximum atomic E-state index is 12.6. The number of halogens is 2. The molecule has 0 amide bonds. The van der Waals surface area contributed by atoms with Crippen molar-refractivity contribution >= 4 is 74.8 Å². The van der Waals surface area contributed by atoms with Gasteiger partial charge in [-0.15, -0.1) is 0 Å².